The van der Waals surface area contributed by atoms with E-state index < -0.39 is 41.7 Å². The average molecular weight is 301 g/mol. The van der Waals surface area contributed by atoms with E-state index in [-0.39, 0.29) is 11.3 Å². The fraction of sp³-hybridized carbons (Fsp3) is 0.417. The Morgan fingerprint density at radius 2 is 1.62 bits per heavy atom. The number of nitrogens with zero attached hydrogens (tertiary/aromatic N) is 1. The van der Waals surface area contributed by atoms with Crippen molar-refractivity contribution in [2.75, 3.05) is 6.61 Å². The number of nitro groups is 1. The van der Waals surface area contributed by atoms with E-state index >= 15 is 0 Å². The molecule has 0 aliphatic carbocycles. The number of carbonyl (C=O) groups is 1. The third-order valence-corrected chi connectivity index (χ3v) is 2.89. The molecule has 0 unspecified atom stereocenters. The quantitative estimate of drug-likeness (QED) is 0.224. The van der Waals surface area contributed by atoms with Crippen LogP contribution in [0.4, 0.5) is 5.69 Å². The van der Waals surface area contributed by atoms with Crippen molar-refractivity contribution in [3.05, 3.63) is 39.9 Å². The predicted octanol–water partition coefficient (Wildman–Crippen LogP) is -1.79. The molecule has 9 nitrogen and oxygen atoms in total. The highest BCUT2D eigenvalue weighted by atomic mass is 16.6. The van der Waals surface area contributed by atoms with Crippen LogP contribution in [-0.2, 0) is 0 Å². The zero-order chi connectivity index (χ0) is 16.2. The Morgan fingerprint density at radius 3 is 2.05 bits per heavy atom. The summed E-state index contributed by atoms with van der Waals surface area (Å²) in [6, 6.07) is 4.27. The summed E-state index contributed by atoms with van der Waals surface area (Å²) in [6.45, 7) is -0.864. The van der Waals surface area contributed by atoms with E-state index in [0.717, 1.165) is 24.3 Å². The summed E-state index contributed by atoms with van der Waals surface area (Å²) in [5.41, 5.74) is -0.366. The highest BCUT2D eigenvalue weighted by Crippen LogP contribution is 2.15. The van der Waals surface area contributed by atoms with E-state index in [0.29, 0.717) is 0 Å². The van der Waals surface area contributed by atoms with Gasteiger partial charge in [0.2, 0.25) is 0 Å². The van der Waals surface area contributed by atoms with Crippen molar-refractivity contribution in [3.63, 3.8) is 0 Å². The lowest BCUT2D eigenvalue weighted by atomic mass is 9.96. The summed E-state index contributed by atoms with van der Waals surface area (Å²) in [7, 11) is 0. The van der Waals surface area contributed by atoms with Crippen LogP contribution in [0.2, 0.25) is 0 Å². The first kappa shape index (κ1) is 17.1. The first-order valence-corrected chi connectivity index (χ1v) is 5.91. The number of benzene rings is 1. The number of aliphatic hydroxyl groups is 5. The molecule has 0 saturated heterocycles. The van der Waals surface area contributed by atoms with Crippen LogP contribution in [0, 0.1) is 10.1 Å². The number of non-ortho nitro benzene ring substituents is 1. The minimum Gasteiger partial charge on any atom is -0.394 e. The van der Waals surface area contributed by atoms with E-state index in [4.69, 9.17) is 10.2 Å². The molecule has 116 valence electrons. The Balaban J connectivity index is 2.84. The summed E-state index contributed by atoms with van der Waals surface area (Å²) in [5.74, 6) is -0.985. The van der Waals surface area contributed by atoms with Crippen LogP contribution in [0.15, 0.2) is 24.3 Å². The first-order valence-electron chi connectivity index (χ1n) is 5.91. The van der Waals surface area contributed by atoms with Crippen molar-refractivity contribution in [2.24, 2.45) is 0 Å². The van der Waals surface area contributed by atoms with Crippen LogP contribution in [0.25, 0.3) is 0 Å². The Labute approximate surface area is 118 Å². The number of nitro benzene ring substituents is 1. The second-order valence-corrected chi connectivity index (χ2v) is 4.34. The Kier molecular flexibility index (Phi) is 5.88. The van der Waals surface area contributed by atoms with Crippen LogP contribution in [0.3, 0.4) is 0 Å². The van der Waals surface area contributed by atoms with Gasteiger partial charge in [-0.05, 0) is 12.1 Å². The molecule has 1 rings (SSSR count). The van der Waals surface area contributed by atoms with Gasteiger partial charge in [0.05, 0.1) is 11.5 Å². The average Bonchev–Trinajstić information content (AvgIpc) is 2.51. The van der Waals surface area contributed by atoms with Crippen LogP contribution < -0.4 is 0 Å². The van der Waals surface area contributed by atoms with Gasteiger partial charge in [-0.15, -0.1) is 0 Å². The third kappa shape index (κ3) is 4.03. The highest BCUT2D eigenvalue weighted by molar-refractivity contribution is 5.99. The van der Waals surface area contributed by atoms with Crippen LogP contribution in [0.1, 0.15) is 10.4 Å². The molecule has 9 heteroatoms. The molecule has 0 aliphatic rings. The van der Waals surface area contributed by atoms with Crippen molar-refractivity contribution in [3.8, 4) is 0 Å². The molecular formula is C12H15NO8. The van der Waals surface area contributed by atoms with Gasteiger partial charge in [0.1, 0.15) is 24.4 Å². The summed E-state index contributed by atoms with van der Waals surface area (Å²) < 4.78 is 0. The summed E-state index contributed by atoms with van der Waals surface area (Å²) in [6.07, 6.45) is -7.72. The second kappa shape index (κ2) is 7.20. The second-order valence-electron chi connectivity index (χ2n) is 4.34. The van der Waals surface area contributed by atoms with Gasteiger partial charge in [0, 0.05) is 17.7 Å². The molecule has 0 saturated carbocycles. The number of ketones is 1. The molecule has 0 amide bonds. The van der Waals surface area contributed by atoms with Gasteiger partial charge in [-0.25, -0.2) is 0 Å². The molecule has 0 heterocycles. The van der Waals surface area contributed by atoms with Gasteiger partial charge in [0.25, 0.3) is 5.69 Å². The van der Waals surface area contributed by atoms with Gasteiger partial charge >= 0.3 is 0 Å². The van der Waals surface area contributed by atoms with E-state index in [2.05, 4.69) is 0 Å². The molecule has 5 N–H and O–H groups in total. The molecule has 0 spiro atoms. The molecule has 0 radical (unpaired) electrons. The topological polar surface area (TPSA) is 161 Å². The predicted molar refractivity (Wildman–Crippen MR) is 68.5 cm³/mol. The fourth-order valence-electron chi connectivity index (χ4n) is 1.60. The van der Waals surface area contributed by atoms with E-state index in [1.165, 1.54) is 0 Å². The van der Waals surface area contributed by atoms with E-state index in [1.54, 1.807) is 0 Å². The zero-order valence-corrected chi connectivity index (χ0v) is 10.7. The fourth-order valence-corrected chi connectivity index (χ4v) is 1.60. The Morgan fingerprint density at radius 1 is 1.10 bits per heavy atom. The molecule has 1 aromatic rings. The lowest BCUT2D eigenvalue weighted by Gasteiger charge is -2.24. The number of hydrogen-bond acceptors (Lipinski definition) is 8. The lowest BCUT2D eigenvalue weighted by Crippen LogP contribution is -2.48. The van der Waals surface area contributed by atoms with E-state index in [1.807, 2.05) is 0 Å². The van der Waals surface area contributed by atoms with Crippen LogP contribution >= 0.6 is 0 Å². The summed E-state index contributed by atoms with van der Waals surface area (Å²) >= 11 is 0. The number of Topliss-reactive ketones (excluding diaryl/α,β-unsaturated/α-hetero) is 1. The summed E-state index contributed by atoms with van der Waals surface area (Å²) in [4.78, 5) is 21.7. The Bertz CT molecular complexity index is 502. The van der Waals surface area contributed by atoms with Crippen molar-refractivity contribution in [2.45, 2.75) is 24.4 Å². The van der Waals surface area contributed by atoms with Crippen molar-refractivity contribution in [1.29, 1.82) is 0 Å². The minimum atomic E-state index is -2.05. The van der Waals surface area contributed by atoms with Crippen LogP contribution in [-0.4, -0.2) is 67.3 Å². The van der Waals surface area contributed by atoms with Gasteiger partial charge in [0.15, 0.2) is 5.78 Å². The van der Waals surface area contributed by atoms with Gasteiger partial charge in [-0.3, -0.25) is 14.9 Å². The molecule has 1 aromatic carbocycles. The number of aliphatic hydroxyl groups excluding tert-OH is 5. The van der Waals surface area contributed by atoms with Gasteiger partial charge in [-0.1, -0.05) is 0 Å². The smallest absolute Gasteiger partial charge is 0.269 e. The van der Waals surface area contributed by atoms with Crippen LogP contribution in [0.5, 0.6) is 0 Å². The molecule has 0 fully saturated rings. The third-order valence-electron chi connectivity index (χ3n) is 2.89. The summed E-state index contributed by atoms with van der Waals surface area (Å²) in [5, 5.41) is 56.8. The molecule has 0 aliphatic heterocycles. The van der Waals surface area contributed by atoms with Gasteiger partial charge in [-0.2, -0.15) is 0 Å². The standard InChI is InChI=1S/C12H15NO8/c14-5-8(15)10(17)12(19)11(18)9(16)6-1-3-7(4-2-6)13(20)21/h1-4,8,10-12,14-15,17-19H,5H2/t8-,10-,11-,12+/m1/s1. The number of hydrogen-bond donors (Lipinski definition) is 5. The maximum atomic E-state index is 11.8. The first-order chi connectivity index (χ1) is 9.79. The molecule has 0 aromatic heterocycles. The normalized spacial score (nSPS) is 16.8. The monoisotopic (exact) mass is 301 g/mol. The maximum absolute atomic E-state index is 11.8. The van der Waals surface area contributed by atoms with Crippen molar-refractivity contribution < 1.29 is 35.3 Å². The van der Waals surface area contributed by atoms with Crippen molar-refractivity contribution in [1.82, 2.24) is 0 Å². The Hall–Kier alpha value is -1.91. The van der Waals surface area contributed by atoms with Crippen molar-refractivity contribution >= 4 is 11.5 Å². The SMILES string of the molecule is O=C(c1ccc([N+](=O)[O-])cc1)[C@@H](O)[C@@H](O)[C@H](O)[C@H](O)CO. The minimum absolute atomic E-state index is 0.113. The molecule has 0 bridgehead atoms. The highest BCUT2D eigenvalue weighted by Gasteiger charge is 2.34. The zero-order valence-electron chi connectivity index (χ0n) is 10.7. The van der Waals surface area contributed by atoms with E-state index in [9.17, 15) is 30.2 Å². The number of rotatable bonds is 7. The largest absolute Gasteiger partial charge is 0.394 e. The lowest BCUT2D eigenvalue weighted by molar-refractivity contribution is -0.384. The molecular weight excluding hydrogens is 286 g/mol. The molecule has 21 heavy (non-hydrogen) atoms. The van der Waals surface area contributed by atoms with Gasteiger partial charge < -0.3 is 25.5 Å². The molecule has 4 atom stereocenters. The number of carbonyl (C=O) groups excluding carboxylic acids is 1. The maximum Gasteiger partial charge on any atom is 0.269 e.